The Morgan fingerprint density at radius 3 is 2.92 bits per heavy atom. The lowest BCUT2D eigenvalue weighted by atomic mass is 10.4. The third-order valence-corrected chi connectivity index (χ3v) is 4.44. The van der Waals surface area contributed by atoms with Gasteiger partial charge in [0.25, 0.3) is 0 Å². The molecular weight excluding hydrogens is 439 g/mol. The molecule has 0 radical (unpaired) electrons. The van der Waals surface area contributed by atoms with Gasteiger partial charge in [0.05, 0.1) is 24.3 Å². The van der Waals surface area contributed by atoms with E-state index in [1.807, 2.05) is 13.1 Å². The first kappa shape index (κ1) is 21.6. The molecule has 1 heterocycles. The number of rotatable bonds is 10. The highest BCUT2D eigenvalue weighted by Crippen LogP contribution is 2.28. The third-order valence-electron chi connectivity index (χ3n) is 3.47. The zero-order valence-electron chi connectivity index (χ0n) is 14.5. The SMILES string of the molecule is CCNC(=NCC(O)COCC1CC1)NCCc1ncc(C)s1.I. The van der Waals surface area contributed by atoms with Gasteiger partial charge < -0.3 is 20.5 Å². The summed E-state index contributed by atoms with van der Waals surface area (Å²) in [4.78, 5) is 9.99. The average Bonchev–Trinajstić information content (AvgIpc) is 3.26. The van der Waals surface area contributed by atoms with E-state index in [1.54, 1.807) is 11.3 Å². The lowest BCUT2D eigenvalue weighted by molar-refractivity contribution is 0.0368. The maximum absolute atomic E-state index is 9.91. The zero-order valence-corrected chi connectivity index (χ0v) is 17.6. The van der Waals surface area contributed by atoms with Crippen molar-refractivity contribution in [1.82, 2.24) is 15.6 Å². The second-order valence-corrected chi connectivity index (χ2v) is 7.22. The van der Waals surface area contributed by atoms with Gasteiger partial charge in [0.2, 0.25) is 0 Å². The summed E-state index contributed by atoms with van der Waals surface area (Å²) in [6, 6.07) is 0. The molecule has 0 spiro atoms. The number of aryl methyl sites for hydroxylation is 1. The minimum absolute atomic E-state index is 0. The van der Waals surface area contributed by atoms with Crippen molar-refractivity contribution in [2.45, 2.75) is 39.2 Å². The van der Waals surface area contributed by atoms with Crippen molar-refractivity contribution in [2.24, 2.45) is 10.9 Å². The van der Waals surface area contributed by atoms with Gasteiger partial charge in [0, 0.05) is 37.2 Å². The first-order valence-electron chi connectivity index (χ1n) is 8.36. The number of aliphatic hydroxyl groups is 1. The van der Waals surface area contributed by atoms with Crippen LogP contribution in [0.25, 0.3) is 0 Å². The van der Waals surface area contributed by atoms with E-state index in [4.69, 9.17) is 4.74 Å². The standard InChI is InChI=1S/C16H28N4O2S.HI/c1-3-17-16(18-7-6-15-19-8-12(2)23-15)20-9-14(21)11-22-10-13-4-5-13;/h8,13-14,21H,3-7,9-11H2,1-2H3,(H2,17,18,20);1H. The smallest absolute Gasteiger partial charge is 0.191 e. The average molecular weight is 468 g/mol. The van der Waals surface area contributed by atoms with Crippen molar-refractivity contribution in [2.75, 3.05) is 32.8 Å². The Bertz CT molecular complexity index is 494. The second-order valence-electron chi connectivity index (χ2n) is 5.90. The monoisotopic (exact) mass is 468 g/mol. The van der Waals surface area contributed by atoms with Crippen molar-refractivity contribution < 1.29 is 9.84 Å². The van der Waals surface area contributed by atoms with Gasteiger partial charge >= 0.3 is 0 Å². The Hall–Kier alpha value is -0.450. The van der Waals surface area contributed by atoms with Crippen LogP contribution in [0.2, 0.25) is 0 Å². The molecule has 24 heavy (non-hydrogen) atoms. The molecule has 1 atom stereocenters. The molecule has 0 aliphatic heterocycles. The van der Waals surface area contributed by atoms with E-state index in [0.717, 1.165) is 43.0 Å². The molecule has 6 nitrogen and oxygen atoms in total. The predicted molar refractivity (Wildman–Crippen MR) is 110 cm³/mol. The summed E-state index contributed by atoms with van der Waals surface area (Å²) in [5, 5.41) is 17.5. The van der Waals surface area contributed by atoms with Crippen LogP contribution in [0.5, 0.6) is 0 Å². The number of nitrogens with zero attached hydrogens (tertiary/aromatic N) is 2. The van der Waals surface area contributed by atoms with Gasteiger partial charge in [-0.2, -0.15) is 0 Å². The fourth-order valence-electron chi connectivity index (χ4n) is 2.05. The van der Waals surface area contributed by atoms with Gasteiger partial charge in [-0.1, -0.05) is 0 Å². The number of hydrogen-bond acceptors (Lipinski definition) is 5. The Morgan fingerprint density at radius 2 is 2.29 bits per heavy atom. The molecule has 1 aliphatic rings. The van der Waals surface area contributed by atoms with Gasteiger partial charge in [-0.05, 0) is 32.6 Å². The number of hydrogen-bond donors (Lipinski definition) is 3. The van der Waals surface area contributed by atoms with Crippen LogP contribution in [0.1, 0.15) is 29.7 Å². The predicted octanol–water partition coefficient (Wildman–Crippen LogP) is 1.95. The summed E-state index contributed by atoms with van der Waals surface area (Å²) in [6.45, 7) is 7.12. The highest BCUT2D eigenvalue weighted by Gasteiger charge is 2.21. The first-order chi connectivity index (χ1) is 11.2. The van der Waals surface area contributed by atoms with E-state index >= 15 is 0 Å². The zero-order chi connectivity index (χ0) is 16.5. The fraction of sp³-hybridized carbons (Fsp3) is 0.750. The van der Waals surface area contributed by atoms with Crippen molar-refractivity contribution in [3.05, 3.63) is 16.1 Å². The van der Waals surface area contributed by atoms with Gasteiger partial charge in [-0.15, -0.1) is 35.3 Å². The van der Waals surface area contributed by atoms with E-state index in [2.05, 4.69) is 27.5 Å². The molecule has 0 bridgehead atoms. The third kappa shape index (κ3) is 9.14. The number of guanidine groups is 1. The minimum Gasteiger partial charge on any atom is -0.389 e. The van der Waals surface area contributed by atoms with E-state index < -0.39 is 6.10 Å². The molecule has 1 fully saturated rings. The summed E-state index contributed by atoms with van der Waals surface area (Å²) < 4.78 is 5.49. The topological polar surface area (TPSA) is 78.8 Å². The summed E-state index contributed by atoms with van der Waals surface area (Å²) in [6.07, 6.45) is 4.75. The molecule has 8 heteroatoms. The van der Waals surface area contributed by atoms with Gasteiger partial charge in [0.15, 0.2) is 5.96 Å². The van der Waals surface area contributed by atoms with Crippen molar-refractivity contribution in [3.8, 4) is 0 Å². The van der Waals surface area contributed by atoms with E-state index in [1.165, 1.54) is 17.7 Å². The first-order valence-corrected chi connectivity index (χ1v) is 9.18. The van der Waals surface area contributed by atoms with Crippen LogP contribution >= 0.6 is 35.3 Å². The molecule has 1 saturated carbocycles. The molecule has 1 unspecified atom stereocenters. The van der Waals surface area contributed by atoms with Crippen LogP contribution in [0.3, 0.4) is 0 Å². The minimum atomic E-state index is -0.550. The van der Waals surface area contributed by atoms with Gasteiger partial charge in [-0.3, -0.25) is 4.99 Å². The number of aliphatic imine (C=N–C) groups is 1. The summed E-state index contributed by atoms with van der Waals surface area (Å²) >= 11 is 1.72. The van der Waals surface area contributed by atoms with Crippen molar-refractivity contribution >= 4 is 41.3 Å². The van der Waals surface area contributed by atoms with Gasteiger partial charge in [0.1, 0.15) is 0 Å². The lowest BCUT2D eigenvalue weighted by Gasteiger charge is -2.13. The van der Waals surface area contributed by atoms with E-state index in [0.29, 0.717) is 13.2 Å². The molecule has 0 saturated heterocycles. The molecule has 1 aromatic rings. The Morgan fingerprint density at radius 1 is 1.50 bits per heavy atom. The summed E-state index contributed by atoms with van der Waals surface area (Å²) in [5.41, 5.74) is 0. The number of ether oxygens (including phenoxy) is 1. The Balaban J connectivity index is 0.00000288. The van der Waals surface area contributed by atoms with Crippen LogP contribution in [0.4, 0.5) is 0 Å². The maximum atomic E-state index is 9.91. The quantitative estimate of drug-likeness (QED) is 0.278. The number of thiazole rings is 1. The van der Waals surface area contributed by atoms with Crippen molar-refractivity contribution in [1.29, 1.82) is 0 Å². The molecule has 2 rings (SSSR count). The number of halogens is 1. The maximum Gasteiger partial charge on any atom is 0.191 e. The van der Waals surface area contributed by atoms with Crippen LogP contribution in [0, 0.1) is 12.8 Å². The molecule has 138 valence electrons. The summed E-state index contributed by atoms with van der Waals surface area (Å²) in [5.74, 6) is 1.45. The van der Waals surface area contributed by atoms with Crippen LogP contribution in [-0.2, 0) is 11.2 Å². The molecule has 0 aromatic carbocycles. The lowest BCUT2D eigenvalue weighted by Crippen LogP contribution is -2.39. The van der Waals surface area contributed by atoms with E-state index in [9.17, 15) is 5.11 Å². The van der Waals surface area contributed by atoms with Crippen LogP contribution < -0.4 is 10.6 Å². The van der Waals surface area contributed by atoms with Crippen LogP contribution in [-0.4, -0.2) is 55.0 Å². The second kappa shape index (κ2) is 12.0. The number of aromatic nitrogens is 1. The van der Waals surface area contributed by atoms with E-state index in [-0.39, 0.29) is 24.0 Å². The summed E-state index contributed by atoms with van der Waals surface area (Å²) in [7, 11) is 0. The Labute approximate surface area is 165 Å². The molecule has 3 N–H and O–H groups in total. The fourth-order valence-corrected chi connectivity index (χ4v) is 2.84. The Kier molecular flexibility index (Phi) is 10.8. The van der Waals surface area contributed by atoms with Gasteiger partial charge in [-0.25, -0.2) is 4.98 Å². The highest BCUT2D eigenvalue weighted by atomic mass is 127. The number of nitrogens with one attached hydrogen (secondary N) is 2. The highest BCUT2D eigenvalue weighted by molar-refractivity contribution is 14.0. The normalized spacial score (nSPS) is 15.7. The van der Waals surface area contributed by atoms with Crippen molar-refractivity contribution in [3.63, 3.8) is 0 Å². The molecule has 1 aromatic heterocycles. The molecule has 1 aliphatic carbocycles. The molecule has 0 amide bonds. The largest absolute Gasteiger partial charge is 0.389 e. The number of aliphatic hydroxyl groups excluding tert-OH is 1. The van der Waals surface area contributed by atoms with Crippen LogP contribution in [0.15, 0.2) is 11.2 Å². The molecular formula is C16H29IN4O2S.